The summed E-state index contributed by atoms with van der Waals surface area (Å²) < 4.78 is 13.0. The molecular formula is C11H15FN2. The molecule has 1 aliphatic carbocycles. The Labute approximate surface area is 83.3 Å². The van der Waals surface area contributed by atoms with Crippen molar-refractivity contribution < 1.29 is 4.39 Å². The molecule has 0 saturated heterocycles. The summed E-state index contributed by atoms with van der Waals surface area (Å²) in [6.07, 6.45) is 2.33. The van der Waals surface area contributed by atoms with Gasteiger partial charge in [0.2, 0.25) is 0 Å². The maximum atomic E-state index is 13.0. The number of nitrogens with two attached hydrogens (primary N) is 1. The fraction of sp³-hybridized carbons (Fsp3) is 0.455. The first-order chi connectivity index (χ1) is 6.63. The minimum absolute atomic E-state index is 0.278. The average Bonchev–Trinajstić information content (AvgIpc) is 1.99. The summed E-state index contributed by atoms with van der Waals surface area (Å²) in [7, 11) is 0. The second-order valence-corrected chi connectivity index (χ2v) is 4.19. The predicted octanol–water partition coefficient (Wildman–Crippen LogP) is 2.62. The Balaban J connectivity index is 2.02. The van der Waals surface area contributed by atoms with Crippen molar-refractivity contribution in [1.82, 2.24) is 0 Å². The zero-order chi connectivity index (χ0) is 10.1. The van der Waals surface area contributed by atoms with Crippen LogP contribution in [-0.2, 0) is 0 Å². The molecule has 0 heterocycles. The smallest absolute Gasteiger partial charge is 0.127 e. The number of hydrogen-bond donors (Lipinski definition) is 2. The Morgan fingerprint density at radius 2 is 2.07 bits per heavy atom. The SMILES string of the molecule is CC1CC(Nc2cc(N)cc(F)c2)C1. The third-order valence-corrected chi connectivity index (χ3v) is 2.66. The van der Waals surface area contributed by atoms with Crippen LogP contribution in [0.4, 0.5) is 15.8 Å². The molecule has 1 aromatic carbocycles. The summed E-state index contributed by atoms with van der Waals surface area (Å²) >= 11 is 0. The molecule has 1 aromatic rings. The van der Waals surface area contributed by atoms with E-state index in [0.29, 0.717) is 11.7 Å². The molecule has 0 aliphatic heterocycles. The maximum absolute atomic E-state index is 13.0. The molecule has 76 valence electrons. The van der Waals surface area contributed by atoms with E-state index in [0.717, 1.165) is 24.4 Å². The van der Waals surface area contributed by atoms with E-state index >= 15 is 0 Å². The van der Waals surface area contributed by atoms with Gasteiger partial charge in [-0.25, -0.2) is 4.39 Å². The number of hydrogen-bond acceptors (Lipinski definition) is 2. The Morgan fingerprint density at radius 1 is 1.36 bits per heavy atom. The van der Waals surface area contributed by atoms with Gasteiger partial charge in [-0.15, -0.1) is 0 Å². The van der Waals surface area contributed by atoms with Crippen LogP contribution in [0.25, 0.3) is 0 Å². The van der Waals surface area contributed by atoms with Gasteiger partial charge in [0, 0.05) is 17.4 Å². The normalized spacial score (nSPS) is 25.6. The van der Waals surface area contributed by atoms with Crippen molar-refractivity contribution in [2.24, 2.45) is 5.92 Å². The van der Waals surface area contributed by atoms with Crippen LogP contribution in [0.3, 0.4) is 0 Å². The number of nitrogen functional groups attached to an aromatic ring is 1. The molecule has 2 nitrogen and oxygen atoms in total. The van der Waals surface area contributed by atoms with Gasteiger partial charge in [0.25, 0.3) is 0 Å². The van der Waals surface area contributed by atoms with E-state index in [-0.39, 0.29) is 5.82 Å². The van der Waals surface area contributed by atoms with Crippen LogP contribution >= 0.6 is 0 Å². The van der Waals surface area contributed by atoms with Crippen molar-refractivity contribution in [3.05, 3.63) is 24.0 Å². The van der Waals surface area contributed by atoms with E-state index in [2.05, 4.69) is 12.2 Å². The van der Waals surface area contributed by atoms with E-state index in [1.165, 1.54) is 12.1 Å². The van der Waals surface area contributed by atoms with Gasteiger partial charge in [-0.05, 0) is 37.0 Å². The lowest BCUT2D eigenvalue weighted by Gasteiger charge is -2.34. The predicted molar refractivity (Wildman–Crippen MR) is 56.6 cm³/mol. The second-order valence-electron chi connectivity index (χ2n) is 4.19. The summed E-state index contributed by atoms with van der Waals surface area (Å²) in [5, 5.41) is 3.27. The van der Waals surface area contributed by atoms with Crippen LogP contribution in [0.1, 0.15) is 19.8 Å². The lowest BCUT2D eigenvalue weighted by molar-refractivity contribution is 0.309. The summed E-state index contributed by atoms with van der Waals surface area (Å²) in [4.78, 5) is 0. The van der Waals surface area contributed by atoms with Crippen LogP contribution in [0, 0.1) is 11.7 Å². The highest BCUT2D eigenvalue weighted by Crippen LogP contribution is 2.30. The molecule has 0 aromatic heterocycles. The van der Waals surface area contributed by atoms with Crippen LogP contribution in [-0.4, -0.2) is 6.04 Å². The quantitative estimate of drug-likeness (QED) is 0.710. The van der Waals surface area contributed by atoms with E-state index in [9.17, 15) is 4.39 Å². The van der Waals surface area contributed by atoms with Crippen LogP contribution < -0.4 is 11.1 Å². The molecule has 0 spiro atoms. The number of halogens is 1. The Bertz CT molecular complexity index is 312. The first-order valence-electron chi connectivity index (χ1n) is 4.96. The largest absolute Gasteiger partial charge is 0.399 e. The average molecular weight is 194 g/mol. The van der Waals surface area contributed by atoms with Crippen molar-refractivity contribution in [2.75, 3.05) is 11.1 Å². The van der Waals surface area contributed by atoms with Gasteiger partial charge in [0.15, 0.2) is 0 Å². The Kier molecular flexibility index (Phi) is 2.32. The van der Waals surface area contributed by atoms with Crippen LogP contribution in [0.5, 0.6) is 0 Å². The van der Waals surface area contributed by atoms with Gasteiger partial charge < -0.3 is 11.1 Å². The van der Waals surface area contributed by atoms with Gasteiger partial charge in [-0.1, -0.05) is 6.92 Å². The summed E-state index contributed by atoms with van der Waals surface area (Å²) in [6.45, 7) is 2.22. The zero-order valence-electron chi connectivity index (χ0n) is 8.26. The van der Waals surface area contributed by atoms with E-state index in [1.54, 1.807) is 6.07 Å². The van der Waals surface area contributed by atoms with Crippen molar-refractivity contribution in [1.29, 1.82) is 0 Å². The molecule has 0 atom stereocenters. The van der Waals surface area contributed by atoms with Gasteiger partial charge in [0.05, 0.1) is 0 Å². The van der Waals surface area contributed by atoms with E-state index in [1.807, 2.05) is 0 Å². The molecule has 0 bridgehead atoms. The third kappa shape index (κ3) is 1.97. The molecule has 0 unspecified atom stereocenters. The Morgan fingerprint density at radius 3 is 2.64 bits per heavy atom. The highest BCUT2D eigenvalue weighted by molar-refractivity contribution is 5.55. The molecule has 0 amide bonds. The Hall–Kier alpha value is -1.25. The fourth-order valence-electron chi connectivity index (χ4n) is 1.95. The maximum Gasteiger partial charge on any atom is 0.127 e. The zero-order valence-corrected chi connectivity index (χ0v) is 8.26. The van der Waals surface area contributed by atoms with E-state index < -0.39 is 0 Å². The molecule has 1 saturated carbocycles. The fourth-order valence-corrected chi connectivity index (χ4v) is 1.95. The number of anilines is 2. The molecule has 1 fully saturated rings. The molecular weight excluding hydrogens is 179 g/mol. The van der Waals surface area contributed by atoms with Crippen LogP contribution in [0.2, 0.25) is 0 Å². The summed E-state index contributed by atoms with van der Waals surface area (Å²) in [5.41, 5.74) is 6.81. The second kappa shape index (κ2) is 3.48. The van der Waals surface area contributed by atoms with Gasteiger partial charge in [0.1, 0.15) is 5.82 Å². The monoisotopic (exact) mass is 194 g/mol. The first-order valence-corrected chi connectivity index (χ1v) is 4.96. The highest BCUT2D eigenvalue weighted by atomic mass is 19.1. The van der Waals surface area contributed by atoms with Gasteiger partial charge in [-0.2, -0.15) is 0 Å². The molecule has 0 radical (unpaired) electrons. The summed E-state index contributed by atoms with van der Waals surface area (Å²) in [5.74, 6) is 0.512. The first kappa shape index (κ1) is 9.31. The highest BCUT2D eigenvalue weighted by Gasteiger charge is 2.24. The minimum atomic E-state index is -0.278. The number of nitrogens with one attached hydrogen (secondary N) is 1. The van der Waals surface area contributed by atoms with E-state index in [4.69, 9.17) is 5.73 Å². The molecule has 14 heavy (non-hydrogen) atoms. The van der Waals surface area contributed by atoms with Gasteiger partial charge >= 0.3 is 0 Å². The van der Waals surface area contributed by atoms with Crippen molar-refractivity contribution in [3.8, 4) is 0 Å². The van der Waals surface area contributed by atoms with Crippen molar-refractivity contribution >= 4 is 11.4 Å². The molecule has 3 N–H and O–H groups in total. The number of rotatable bonds is 2. The van der Waals surface area contributed by atoms with Gasteiger partial charge in [-0.3, -0.25) is 0 Å². The molecule has 2 rings (SSSR count). The topological polar surface area (TPSA) is 38.0 Å². The van der Waals surface area contributed by atoms with Crippen molar-refractivity contribution in [3.63, 3.8) is 0 Å². The lowest BCUT2D eigenvalue weighted by Crippen LogP contribution is -2.33. The lowest BCUT2D eigenvalue weighted by atomic mass is 9.82. The standard InChI is InChI=1S/C11H15FN2/c1-7-2-10(3-7)14-11-5-8(12)4-9(13)6-11/h4-7,10,14H,2-3,13H2,1H3. The molecule has 1 aliphatic rings. The minimum Gasteiger partial charge on any atom is -0.399 e. The number of benzene rings is 1. The van der Waals surface area contributed by atoms with Crippen LogP contribution in [0.15, 0.2) is 18.2 Å². The van der Waals surface area contributed by atoms with Crippen molar-refractivity contribution in [2.45, 2.75) is 25.8 Å². The third-order valence-electron chi connectivity index (χ3n) is 2.66. The molecule has 3 heteroatoms. The summed E-state index contributed by atoms with van der Waals surface area (Å²) in [6, 6.07) is 5.08.